The standard InChI is InChI=1S/C26H25ClN4O4S/c27-20-10-14(6-7-19(20)26(35)31-11-15(32)12-31)29-25(34)23-21(13-4-5-13)22(30-36-23)17-2-1-3-18-16(17)8-9-28-24(18)33/h1-3,6-10,13,15,21-23,30,32H,4-5,11-12H2,(H,28,33)(H,29,34). The second-order valence-electron chi connectivity index (χ2n) is 9.71. The van der Waals surface area contributed by atoms with Crippen LogP contribution in [-0.2, 0) is 4.79 Å². The normalized spacial score (nSPS) is 24.1. The van der Waals surface area contributed by atoms with Gasteiger partial charge in [-0.05, 0) is 60.0 Å². The largest absolute Gasteiger partial charge is 0.389 e. The molecule has 3 heterocycles. The molecule has 1 saturated carbocycles. The van der Waals surface area contributed by atoms with Gasteiger partial charge in [-0.15, -0.1) is 0 Å². The molecule has 1 aliphatic carbocycles. The molecule has 8 nitrogen and oxygen atoms in total. The second kappa shape index (κ2) is 9.23. The van der Waals surface area contributed by atoms with Crippen molar-refractivity contribution in [2.24, 2.45) is 11.8 Å². The zero-order chi connectivity index (χ0) is 25.0. The number of aromatic amines is 1. The van der Waals surface area contributed by atoms with Crippen molar-refractivity contribution in [3.8, 4) is 0 Å². The average molecular weight is 525 g/mol. The number of pyridine rings is 1. The van der Waals surface area contributed by atoms with Crippen LogP contribution in [0.25, 0.3) is 10.8 Å². The van der Waals surface area contributed by atoms with Crippen molar-refractivity contribution in [1.29, 1.82) is 0 Å². The van der Waals surface area contributed by atoms with Crippen LogP contribution in [0.2, 0.25) is 5.02 Å². The van der Waals surface area contributed by atoms with Crippen molar-refractivity contribution >= 4 is 51.8 Å². The predicted octanol–water partition coefficient (Wildman–Crippen LogP) is 3.32. The lowest BCUT2D eigenvalue weighted by molar-refractivity contribution is -0.116. The number of amides is 2. The first-order valence-electron chi connectivity index (χ1n) is 12.0. The van der Waals surface area contributed by atoms with Crippen molar-refractivity contribution in [2.75, 3.05) is 18.4 Å². The van der Waals surface area contributed by atoms with Crippen molar-refractivity contribution < 1.29 is 14.7 Å². The molecular formula is C26H25ClN4O4S. The minimum Gasteiger partial charge on any atom is -0.389 e. The van der Waals surface area contributed by atoms with E-state index in [-0.39, 0.29) is 39.6 Å². The summed E-state index contributed by atoms with van der Waals surface area (Å²) in [5.74, 6) is 0.158. The Kier molecular flexibility index (Phi) is 6.03. The highest BCUT2D eigenvalue weighted by molar-refractivity contribution is 7.99. The molecule has 6 rings (SSSR count). The maximum atomic E-state index is 13.4. The van der Waals surface area contributed by atoms with E-state index in [1.165, 1.54) is 16.8 Å². The van der Waals surface area contributed by atoms with Gasteiger partial charge in [0, 0.05) is 42.3 Å². The number of anilines is 1. The Hall–Kier alpha value is -2.85. The molecule has 3 fully saturated rings. The number of carbonyl (C=O) groups excluding carboxylic acids is 2. The molecular weight excluding hydrogens is 500 g/mol. The third kappa shape index (κ3) is 4.20. The van der Waals surface area contributed by atoms with E-state index < -0.39 is 6.10 Å². The summed E-state index contributed by atoms with van der Waals surface area (Å²) in [6, 6.07) is 12.5. The van der Waals surface area contributed by atoms with Crippen LogP contribution < -0.4 is 15.6 Å². The van der Waals surface area contributed by atoms with E-state index in [1.807, 2.05) is 24.3 Å². The molecule has 2 amide bonds. The lowest BCUT2D eigenvalue weighted by Gasteiger charge is -2.36. The summed E-state index contributed by atoms with van der Waals surface area (Å²) in [4.78, 5) is 42.6. The molecule has 0 radical (unpaired) electrons. The monoisotopic (exact) mass is 524 g/mol. The minimum absolute atomic E-state index is 0.0563. The fraction of sp³-hybridized carbons (Fsp3) is 0.346. The van der Waals surface area contributed by atoms with Gasteiger partial charge in [0.1, 0.15) is 5.25 Å². The number of hydrogen-bond donors (Lipinski definition) is 4. The number of carbonyl (C=O) groups is 2. The van der Waals surface area contributed by atoms with Crippen LogP contribution in [0, 0.1) is 11.8 Å². The third-order valence-electron chi connectivity index (χ3n) is 7.28. The second-order valence-corrected chi connectivity index (χ2v) is 11.1. The molecule has 0 spiro atoms. The number of hydrogen-bond acceptors (Lipinski definition) is 6. The minimum atomic E-state index is -0.485. The van der Waals surface area contributed by atoms with Gasteiger partial charge in [0.05, 0.1) is 16.7 Å². The topological polar surface area (TPSA) is 115 Å². The molecule has 1 aromatic heterocycles. The zero-order valence-electron chi connectivity index (χ0n) is 19.2. The Morgan fingerprint density at radius 3 is 2.64 bits per heavy atom. The first-order chi connectivity index (χ1) is 17.4. The summed E-state index contributed by atoms with van der Waals surface area (Å²) >= 11 is 7.81. The summed E-state index contributed by atoms with van der Waals surface area (Å²) in [5, 5.41) is 13.9. The van der Waals surface area contributed by atoms with E-state index in [2.05, 4.69) is 15.0 Å². The molecule has 3 atom stereocenters. The van der Waals surface area contributed by atoms with Crippen LogP contribution in [0.1, 0.15) is 34.8 Å². The van der Waals surface area contributed by atoms with Gasteiger partial charge < -0.3 is 20.3 Å². The lowest BCUT2D eigenvalue weighted by atomic mass is 9.85. The Morgan fingerprint density at radius 1 is 1.11 bits per heavy atom. The number of likely N-dealkylation sites (tertiary alicyclic amines) is 1. The fourth-order valence-corrected chi connectivity index (χ4v) is 6.81. The molecule has 0 bridgehead atoms. The Bertz CT molecular complexity index is 1420. The molecule has 3 unspecified atom stereocenters. The van der Waals surface area contributed by atoms with Gasteiger partial charge in [0.2, 0.25) is 5.91 Å². The molecule has 36 heavy (non-hydrogen) atoms. The number of aliphatic hydroxyl groups is 1. The van der Waals surface area contributed by atoms with Gasteiger partial charge in [-0.3, -0.25) is 19.1 Å². The lowest BCUT2D eigenvalue weighted by Crippen LogP contribution is -2.53. The quantitative estimate of drug-likeness (QED) is 0.381. The number of benzene rings is 2. The van der Waals surface area contributed by atoms with E-state index in [0.717, 1.165) is 23.8 Å². The maximum absolute atomic E-state index is 13.4. The summed E-state index contributed by atoms with van der Waals surface area (Å²) in [7, 11) is 0. The molecule has 2 saturated heterocycles. The van der Waals surface area contributed by atoms with Crippen LogP contribution in [0.15, 0.2) is 53.5 Å². The molecule has 2 aromatic carbocycles. The number of rotatable bonds is 5. The SMILES string of the molecule is O=C(Nc1ccc(C(=O)N2CC(O)C2)c(Cl)c1)C1SNC(c2cccc3c(=O)[nH]ccc23)C1C1CC1. The van der Waals surface area contributed by atoms with Gasteiger partial charge in [-0.25, -0.2) is 0 Å². The Labute approximate surface area is 216 Å². The average Bonchev–Trinajstić information content (AvgIpc) is 3.59. The summed E-state index contributed by atoms with van der Waals surface area (Å²) < 4.78 is 3.48. The van der Waals surface area contributed by atoms with Crippen molar-refractivity contribution in [3.05, 3.63) is 75.2 Å². The van der Waals surface area contributed by atoms with E-state index >= 15 is 0 Å². The van der Waals surface area contributed by atoms with Crippen molar-refractivity contribution in [3.63, 3.8) is 0 Å². The summed E-state index contributed by atoms with van der Waals surface area (Å²) in [5.41, 5.74) is 1.78. The van der Waals surface area contributed by atoms with Gasteiger partial charge in [-0.1, -0.05) is 35.7 Å². The van der Waals surface area contributed by atoms with Crippen LogP contribution >= 0.6 is 23.5 Å². The van der Waals surface area contributed by atoms with Crippen LogP contribution in [0.4, 0.5) is 5.69 Å². The van der Waals surface area contributed by atoms with E-state index in [9.17, 15) is 19.5 Å². The Balaban J connectivity index is 1.22. The number of aliphatic hydroxyl groups excluding tert-OH is 1. The summed E-state index contributed by atoms with van der Waals surface area (Å²) in [6.45, 7) is 0.600. The number of H-pyrrole nitrogens is 1. The van der Waals surface area contributed by atoms with Gasteiger partial charge >= 0.3 is 0 Å². The van der Waals surface area contributed by atoms with Gasteiger partial charge in [-0.2, -0.15) is 0 Å². The molecule has 186 valence electrons. The van der Waals surface area contributed by atoms with Crippen molar-refractivity contribution in [2.45, 2.75) is 30.2 Å². The molecule has 4 N–H and O–H groups in total. The van der Waals surface area contributed by atoms with Gasteiger partial charge in [0.15, 0.2) is 0 Å². The van der Waals surface area contributed by atoms with E-state index in [1.54, 1.807) is 24.4 Å². The first-order valence-corrected chi connectivity index (χ1v) is 13.3. The molecule has 3 aliphatic rings. The van der Waals surface area contributed by atoms with Crippen LogP contribution in [-0.4, -0.2) is 51.2 Å². The highest BCUT2D eigenvalue weighted by Crippen LogP contribution is 2.52. The van der Waals surface area contributed by atoms with E-state index in [4.69, 9.17) is 11.6 Å². The summed E-state index contributed by atoms with van der Waals surface area (Å²) in [6.07, 6.45) is 3.33. The number of aromatic nitrogens is 1. The van der Waals surface area contributed by atoms with Crippen LogP contribution in [0.5, 0.6) is 0 Å². The predicted molar refractivity (Wildman–Crippen MR) is 140 cm³/mol. The van der Waals surface area contributed by atoms with Gasteiger partial charge in [0.25, 0.3) is 11.5 Å². The van der Waals surface area contributed by atoms with Crippen molar-refractivity contribution in [1.82, 2.24) is 14.6 Å². The van der Waals surface area contributed by atoms with Crippen LogP contribution in [0.3, 0.4) is 0 Å². The van der Waals surface area contributed by atoms with E-state index in [0.29, 0.717) is 35.6 Å². The third-order valence-corrected chi connectivity index (χ3v) is 8.77. The number of halogens is 1. The molecule has 10 heteroatoms. The first kappa shape index (κ1) is 23.5. The fourth-order valence-electron chi connectivity index (χ4n) is 5.27. The Morgan fingerprint density at radius 2 is 1.92 bits per heavy atom. The smallest absolute Gasteiger partial charge is 0.255 e. The number of nitrogens with one attached hydrogen (secondary N) is 3. The highest BCUT2D eigenvalue weighted by Gasteiger charge is 2.49. The number of β-amino-alcohol motifs (C(OH)–C–C–N with tert-alkyl or cyclic N) is 1. The highest BCUT2D eigenvalue weighted by atomic mass is 35.5. The molecule has 2 aliphatic heterocycles. The number of nitrogens with zero attached hydrogens (tertiary/aromatic N) is 1. The maximum Gasteiger partial charge on any atom is 0.255 e. The molecule has 3 aromatic rings. The zero-order valence-corrected chi connectivity index (χ0v) is 20.8. The number of fused-ring (bicyclic) bond motifs is 1.